The second kappa shape index (κ2) is 6.15. The number of esters is 1. The van der Waals surface area contributed by atoms with E-state index in [0.29, 0.717) is 17.7 Å². The molecule has 102 valence electrons. The van der Waals surface area contributed by atoms with Crippen molar-refractivity contribution in [2.75, 3.05) is 6.61 Å². The number of carbonyl (C=O) groups excluding carboxylic acids is 2. The van der Waals surface area contributed by atoms with Crippen LogP contribution in [0.15, 0.2) is 48.5 Å². The lowest BCUT2D eigenvalue weighted by molar-refractivity contribution is 0.0526. The van der Waals surface area contributed by atoms with Crippen LogP contribution in [0, 0.1) is 0 Å². The molecule has 0 saturated heterocycles. The van der Waals surface area contributed by atoms with E-state index < -0.39 is 0 Å². The van der Waals surface area contributed by atoms with E-state index >= 15 is 0 Å². The molecular formula is C17H16O3. The first-order valence-electron chi connectivity index (χ1n) is 6.50. The predicted molar refractivity (Wildman–Crippen MR) is 77.8 cm³/mol. The molecule has 0 saturated carbocycles. The van der Waals surface area contributed by atoms with E-state index in [0.717, 1.165) is 11.1 Å². The molecule has 2 rings (SSSR count). The van der Waals surface area contributed by atoms with Crippen molar-refractivity contribution in [3.05, 3.63) is 59.7 Å². The minimum absolute atomic E-state index is 0.0502. The average molecular weight is 268 g/mol. The zero-order chi connectivity index (χ0) is 14.5. The van der Waals surface area contributed by atoms with Crippen LogP contribution in [-0.4, -0.2) is 18.4 Å². The summed E-state index contributed by atoms with van der Waals surface area (Å²) in [6, 6.07) is 14.6. The molecule has 0 amide bonds. The minimum atomic E-state index is -0.314. The molecule has 0 bridgehead atoms. The van der Waals surface area contributed by atoms with Crippen LogP contribution < -0.4 is 0 Å². The topological polar surface area (TPSA) is 43.4 Å². The lowest BCUT2D eigenvalue weighted by atomic mass is 10.0. The van der Waals surface area contributed by atoms with Gasteiger partial charge in [-0.25, -0.2) is 4.79 Å². The lowest BCUT2D eigenvalue weighted by Gasteiger charge is -2.05. The summed E-state index contributed by atoms with van der Waals surface area (Å²) in [6.45, 7) is 3.69. The van der Waals surface area contributed by atoms with Crippen molar-refractivity contribution >= 4 is 11.8 Å². The van der Waals surface area contributed by atoms with Gasteiger partial charge in [0.25, 0.3) is 0 Å². The third kappa shape index (κ3) is 3.12. The van der Waals surface area contributed by atoms with Crippen molar-refractivity contribution in [1.29, 1.82) is 0 Å². The highest BCUT2D eigenvalue weighted by atomic mass is 16.5. The zero-order valence-electron chi connectivity index (χ0n) is 11.6. The molecule has 20 heavy (non-hydrogen) atoms. The molecular weight excluding hydrogens is 252 g/mol. The predicted octanol–water partition coefficient (Wildman–Crippen LogP) is 3.73. The Labute approximate surface area is 118 Å². The van der Waals surface area contributed by atoms with E-state index in [1.807, 2.05) is 24.3 Å². The van der Waals surface area contributed by atoms with Crippen molar-refractivity contribution in [3.63, 3.8) is 0 Å². The maximum Gasteiger partial charge on any atom is 0.338 e. The second-order valence-corrected chi connectivity index (χ2v) is 4.43. The highest BCUT2D eigenvalue weighted by molar-refractivity contribution is 5.94. The molecule has 0 spiro atoms. The summed E-state index contributed by atoms with van der Waals surface area (Å²) in [4.78, 5) is 22.8. The summed E-state index contributed by atoms with van der Waals surface area (Å²) in [5.41, 5.74) is 3.23. The highest BCUT2D eigenvalue weighted by Crippen LogP contribution is 2.20. The van der Waals surface area contributed by atoms with Gasteiger partial charge in [0, 0.05) is 5.56 Å². The average Bonchev–Trinajstić information content (AvgIpc) is 2.48. The summed E-state index contributed by atoms with van der Waals surface area (Å²) < 4.78 is 4.94. The van der Waals surface area contributed by atoms with Crippen LogP contribution in [-0.2, 0) is 4.74 Å². The molecule has 3 heteroatoms. The molecule has 0 aliphatic carbocycles. The number of carbonyl (C=O) groups is 2. The van der Waals surface area contributed by atoms with Gasteiger partial charge in [0.05, 0.1) is 12.2 Å². The van der Waals surface area contributed by atoms with Gasteiger partial charge >= 0.3 is 5.97 Å². The van der Waals surface area contributed by atoms with Crippen molar-refractivity contribution in [3.8, 4) is 11.1 Å². The van der Waals surface area contributed by atoms with Gasteiger partial charge in [-0.1, -0.05) is 36.4 Å². The van der Waals surface area contributed by atoms with E-state index in [2.05, 4.69) is 0 Å². The number of ketones is 1. The van der Waals surface area contributed by atoms with Crippen LogP contribution in [0.1, 0.15) is 34.6 Å². The Bertz CT molecular complexity index is 610. The van der Waals surface area contributed by atoms with Gasteiger partial charge in [-0.3, -0.25) is 4.79 Å². The molecule has 0 aliphatic heterocycles. The zero-order valence-corrected chi connectivity index (χ0v) is 11.6. The third-order valence-electron chi connectivity index (χ3n) is 3.02. The Kier molecular flexibility index (Phi) is 4.31. The van der Waals surface area contributed by atoms with Gasteiger partial charge in [-0.15, -0.1) is 0 Å². The fraction of sp³-hybridized carbons (Fsp3) is 0.176. The summed E-state index contributed by atoms with van der Waals surface area (Å²) in [5, 5.41) is 0. The van der Waals surface area contributed by atoms with Crippen LogP contribution in [0.25, 0.3) is 11.1 Å². The highest BCUT2D eigenvalue weighted by Gasteiger charge is 2.06. The smallest absolute Gasteiger partial charge is 0.338 e. The van der Waals surface area contributed by atoms with Crippen LogP contribution >= 0.6 is 0 Å². The fourth-order valence-electron chi connectivity index (χ4n) is 1.91. The van der Waals surface area contributed by atoms with E-state index in [-0.39, 0.29) is 11.8 Å². The molecule has 3 nitrogen and oxygen atoms in total. The van der Waals surface area contributed by atoms with Gasteiger partial charge in [0.1, 0.15) is 0 Å². The van der Waals surface area contributed by atoms with Crippen LogP contribution in [0.5, 0.6) is 0 Å². The molecule has 0 aliphatic rings. The number of Topliss-reactive ketones (excluding diaryl/α,β-unsaturated/α-hetero) is 1. The molecule has 0 fully saturated rings. The molecule has 0 radical (unpaired) electrons. The fourth-order valence-corrected chi connectivity index (χ4v) is 1.91. The number of rotatable bonds is 4. The Morgan fingerprint density at radius 3 is 1.70 bits per heavy atom. The molecule has 0 aromatic heterocycles. The number of hydrogen-bond donors (Lipinski definition) is 0. The van der Waals surface area contributed by atoms with Gasteiger partial charge in [0.2, 0.25) is 0 Å². The monoisotopic (exact) mass is 268 g/mol. The Hall–Kier alpha value is -2.42. The summed E-state index contributed by atoms with van der Waals surface area (Å²) in [7, 11) is 0. The molecule has 0 N–H and O–H groups in total. The number of benzene rings is 2. The largest absolute Gasteiger partial charge is 0.462 e. The van der Waals surface area contributed by atoms with E-state index in [1.165, 1.54) is 0 Å². The quantitative estimate of drug-likeness (QED) is 0.626. The third-order valence-corrected chi connectivity index (χ3v) is 3.02. The first-order chi connectivity index (χ1) is 9.61. The molecule has 2 aromatic carbocycles. The van der Waals surface area contributed by atoms with E-state index in [4.69, 9.17) is 4.74 Å². The van der Waals surface area contributed by atoms with Crippen molar-refractivity contribution in [2.24, 2.45) is 0 Å². The first kappa shape index (κ1) is 14.0. The van der Waals surface area contributed by atoms with E-state index in [1.54, 1.807) is 38.1 Å². The molecule has 0 heterocycles. The minimum Gasteiger partial charge on any atom is -0.462 e. The van der Waals surface area contributed by atoms with Crippen LogP contribution in [0.3, 0.4) is 0 Å². The van der Waals surface area contributed by atoms with Crippen LogP contribution in [0.4, 0.5) is 0 Å². The normalized spacial score (nSPS) is 10.1. The summed E-state index contributed by atoms with van der Waals surface area (Å²) in [6.07, 6.45) is 0. The second-order valence-electron chi connectivity index (χ2n) is 4.43. The van der Waals surface area contributed by atoms with Crippen molar-refractivity contribution in [2.45, 2.75) is 13.8 Å². The van der Waals surface area contributed by atoms with Gasteiger partial charge < -0.3 is 4.74 Å². The van der Waals surface area contributed by atoms with Gasteiger partial charge in [0.15, 0.2) is 5.78 Å². The number of hydrogen-bond acceptors (Lipinski definition) is 3. The van der Waals surface area contributed by atoms with Gasteiger partial charge in [-0.05, 0) is 37.1 Å². The van der Waals surface area contributed by atoms with Crippen molar-refractivity contribution in [1.82, 2.24) is 0 Å². The summed E-state index contributed by atoms with van der Waals surface area (Å²) >= 11 is 0. The first-order valence-corrected chi connectivity index (χ1v) is 6.50. The van der Waals surface area contributed by atoms with E-state index in [9.17, 15) is 9.59 Å². The Balaban J connectivity index is 2.21. The maximum atomic E-state index is 11.6. The SMILES string of the molecule is CCOC(=O)c1ccc(-c2ccc(C(C)=O)cc2)cc1. The van der Waals surface area contributed by atoms with Crippen molar-refractivity contribution < 1.29 is 14.3 Å². The van der Waals surface area contributed by atoms with Gasteiger partial charge in [-0.2, -0.15) is 0 Å². The van der Waals surface area contributed by atoms with Crippen LogP contribution in [0.2, 0.25) is 0 Å². The molecule has 2 aromatic rings. The maximum absolute atomic E-state index is 11.6. The molecule has 0 unspecified atom stereocenters. The standard InChI is InChI=1S/C17H16O3/c1-3-20-17(19)16-10-8-15(9-11-16)14-6-4-13(5-7-14)12(2)18/h4-11H,3H2,1-2H3. The molecule has 0 atom stereocenters. The number of ether oxygens (including phenoxy) is 1. The Morgan fingerprint density at radius 2 is 1.30 bits per heavy atom. The summed E-state index contributed by atoms with van der Waals surface area (Å²) in [5.74, 6) is -0.264. The lowest BCUT2D eigenvalue weighted by Crippen LogP contribution is -2.03. The Morgan fingerprint density at radius 1 is 0.850 bits per heavy atom.